The van der Waals surface area contributed by atoms with E-state index in [0.29, 0.717) is 12.6 Å². The summed E-state index contributed by atoms with van der Waals surface area (Å²) in [6, 6.07) is 8.44. The highest BCUT2D eigenvalue weighted by molar-refractivity contribution is 5.79. The second-order valence-electron chi connectivity index (χ2n) is 7.23. The van der Waals surface area contributed by atoms with Gasteiger partial charge in [0.15, 0.2) is 0 Å². The molecule has 1 amide bonds. The van der Waals surface area contributed by atoms with Gasteiger partial charge < -0.3 is 14.4 Å². The molecule has 0 bridgehead atoms. The molecule has 0 N–H and O–H groups in total. The second kappa shape index (κ2) is 7.34. The Morgan fingerprint density at radius 2 is 2.12 bits per heavy atom. The lowest BCUT2D eigenvalue weighted by atomic mass is 9.99. The van der Waals surface area contributed by atoms with Gasteiger partial charge >= 0.3 is 0 Å². The Morgan fingerprint density at radius 1 is 1.33 bits per heavy atom. The lowest BCUT2D eigenvalue weighted by Gasteiger charge is -2.38. The zero-order chi connectivity index (χ0) is 17.1. The second-order valence-corrected chi connectivity index (χ2v) is 7.23. The first-order valence-electron chi connectivity index (χ1n) is 8.91. The van der Waals surface area contributed by atoms with E-state index in [-0.39, 0.29) is 11.8 Å². The lowest BCUT2D eigenvalue weighted by molar-refractivity contribution is -0.139. The molecule has 5 heteroatoms. The summed E-state index contributed by atoms with van der Waals surface area (Å²) < 4.78 is 2.10. The zero-order valence-electron chi connectivity index (χ0n) is 15.0. The summed E-state index contributed by atoms with van der Waals surface area (Å²) in [6.07, 6.45) is 5.31. The Bertz CT molecular complexity index is 693. The molecule has 130 valence electrons. The quantitative estimate of drug-likeness (QED) is 0.847. The Hall–Kier alpha value is -1.88. The molecule has 24 heavy (non-hydrogen) atoms. The molecule has 1 saturated heterocycles. The van der Waals surface area contributed by atoms with Crippen molar-refractivity contribution in [2.75, 3.05) is 27.2 Å². The van der Waals surface area contributed by atoms with Gasteiger partial charge in [-0.15, -0.1) is 0 Å². The van der Waals surface area contributed by atoms with Crippen molar-refractivity contribution in [2.45, 2.75) is 38.8 Å². The zero-order valence-corrected chi connectivity index (χ0v) is 15.0. The number of likely N-dealkylation sites (N-methyl/N-ethyl adjacent to an activating group) is 1. The fourth-order valence-electron chi connectivity index (χ4n) is 3.71. The van der Waals surface area contributed by atoms with Gasteiger partial charge in [0.1, 0.15) is 0 Å². The minimum Gasteiger partial charge on any atom is -0.338 e. The number of rotatable bonds is 5. The Labute approximate surface area is 144 Å². The molecule has 1 fully saturated rings. The van der Waals surface area contributed by atoms with Crippen molar-refractivity contribution < 1.29 is 4.79 Å². The van der Waals surface area contributed by atoms with E-state index in [1.165, 1.54) is 6.42 Å². The van der Waals surface area contributed by atoms with E-state index in [4.69, 9.17) is 0 Å². The van der Waals surface area contributed by atoms with Crippen molar-refractivity contribution in [3.05, 3.63) is 30.6 Å². The summed E-state index contributed by atoms with van der Waals surface area (Å²) in [6.45, 7) is 4.57. The highest BCUT2D eigenvalue weighted by atomic mass is 16.2. The summed E-state index contributed by atoms with van der Waals surface area (Å²) in [5.41, 5.74) is 2.08. The van der Waals surface area contributed by atoms with Gasteiger partial charge in [0, 0.05) is 25.7 Å². The maximum absolute atomic E-state index is 13.0. The molecule has 2 atom stereocenters. The molecule has 1 aliphatic rings. The number of fused-ring (bicyclic) bond motifs is 1. The molecule has 0 radical (unpaired) electrons. The molecule has 2 aromatic rings. The normalized spacial score (nSPS) is 19.8. The van der Waals surface area contributed by atoms with E-state index in [2.05, 4.69) is 39.5 Å². The molecule has 5 nitrogen and oxygen atoms in total. The van der Waals surface area contributed by atoms with Gasteiger partial charge in [0.25, 0.3) is 0 Å². The molecule has 0 unspecified atom stereocenters. The van der Waals surface area contributed by atoms with Crippen molar-refractivity contribution in [2.24, 2.45) is 5.92 Å². The molecule has 2 heterocycles. The third-order valence-electron chi connectivity index (χ3n) is 4.91. The fourth-order valence-corrected chi connectivity index (χ4v) is 3.71. The molecule has 3 rings (SSSR count). The molecule has 1 aromatic carbocycles. The first kappa shape index (κ1) is 17.0. The number of nitrogens with zero attached hydrogens (tertiary/aromatic N) is 4. The summed E-state index contributed by atoms with van der Waals surface area (Å²) >= 11 is 0. The van der Waals surface area contributed by atoms with Crippen LogP contribution < -0.4 is 0 Å². The Kier molecular flexibility index (Phi) is 5.19. The van der Waals surface area contributed by atoms with E-state index in [1.807, 2.05) is 31.5 Å². The monoisotopic (exact) mass is 328 g/mol. The number of carbonyl (C=O) groups is 1. The van der Waals surface area contributed by atoms with Crippen molar-refractivity contribution in [1.82, 2.24) is 19.4 Å². The van der Waals surface area contributed by atoms with E-state index >= 15 is 0 Å². The number of carbonyl (C=O) groups excluding carboxylic acids is 1. The predicted octanol–water partition coefficient (Wildman–Crippen LogP) is 2.62. The third kappa shape index (κ3) is 3.61. The number of piperidine rings is 1. The molecular weight excluding hydrogens is 300 g/mol. The minimum absolute atomic E-state index is 0.0367. The van der Waals surface area contributed by atoms with Gasteiger partial charge in [0.05, 0.1) is 23.3 Å². The number of amides is 1. The maximum Gasteiger partial charge on any atom is 0.227 e. The number of aromatic nitrogens is 2. The first-order valence-corrected chi connectivity index (χ1v) is 8.91. The van der Waals surface area contributed by atoms with Crippen molar-refractivity contribution >= 4 is 16.9 Å². The number of hydrogen-bond donors (Lipinski definition) is 0. The molecule has 0 aliphatic carbocycles. The van der Waals surface area contributed by atoms with E-state index in [0.717, 1.165) is 37.0 Å². The smallest absolute Gasteiger partial charge is 0.227 e. The summed E-state index contributed by atoms with van der Waals surface area (Å²) in [5, 5.41) is 0. The average molecular weight is 328 g/mol. The number of likely N-dealkylation sites (tertiary alicyclic amines) is 1. The predicted molar refractivity (Wildman–Crippen MR) is 96.8 cm³/mol. The minimum atomic E-state index is -0.0367. The van der Waals surface area contributed by atoms with Gasteiger partial charge in [-0.2, -0.15) is 0 Å². The Balaban J connectivity index is 1.71. The molecule has 1 aliphatic heterocycles. The van der Waals surface area contributed by atoms with Gasteiger partial charge in [-0.05, 0) is 45.5 Å². The van der Waals surface area contributed by atoms with Crippen molar-refractivity contribution in [1.29, 1.82) is 0 Å². The van der Waals surface area contributed by atoms with Gasteiger partial charge in [-0.25, -0.2) is 4.98 Å². The number of benzene rings is 1. The number of para-hydroxylation sites is 2. The first-order chi connectivity index (χ1) is 11.6. The van der Waals surface area contributed by atoms with Gasteiger partial charge in [-0.3, -0.25) is 4.79 Å². The number of imidazole rings is 1. The van der Waals surface area contributed by atoms with Crippen LogP contribution in [0, 0.1) is 5.92 Å². The molecule has 1 aromatic heterocycles. The van der Waals surface area contributed by atoms with Crippen LogP contribution in [0.5, 0.6) is 0 Å². The highest BCUT2D eigenvalue weighted by Crippen LogP contribution is 2.21. The summed E-state index contributed by atoms with van der Waals surface area (Å²) in [5.74, 6) is 0.240. The average Bonchev–Trinajstić information content (AvgIpc) is 2.97. The van der Waals surface area contributed by atoms with Crippen LogP contribution in [0.2, 0.25) is 0 Å². The van der Waals surface area contributed by atoms with Crippen molar-refractivity contribution in [3.63, 3.8) is 0 Å². The van der Waals surface area contributed by atoms with Crippen LogP contribution in [0.4, 0.5) is 0 Å². The summed E-state index contributed by atoms with van der Waals surface area (Å²) in [4.78, 5) is 21.8. The van der Waals surface area contributed by atoms with Gasteiger partial charge in [0.2, 0.25) is 5.91 Å². The standard InChI is InChI=1S/C19H28N4O/c1-15(12-22-14-20-17-9-4-5-10-18(17)22)19(24)23-11-7-6-8-16(23)13-21(2)3/h4-5,9-10,14-16H,6-8,11-13H2,1-3H3/t15-,16-/m1/s1. The number of hydrogen-bond acceptors (Lipinski definition) is 3. The van der Waals surface area contributed by atoms with E-state index in [9.17, 15) is 4.79 Å². The molecular formula is C19H28N4O. The van der Waals surface area contributed by atoms with Crippen LogP contribution in [-0.2, 0) is 11.3 Å². The fraction of sp³-hybridized carbons (Fsp3) is 0.579. The Morgan fingerprint density at radius 3 is 2.92 bits per heavy atom. The maximum atomic E-state index is 13.0. The van der Waals surface area contributed by atoms with Crippen LogP contribution in [-0.4, -0.2) is 58.5 Å². The van der Waals surface area contributed by atoms with Crippen LogP contribution in [0.15, 0.2) is 30.6 Å². The largest absolute Gasteiger partial charge is 0.338 e. The van der Waals surface area contributed by atoms with Crippen LogP contribution in [0.1, 0.15) is 26.2 Å². The van der Waals surface area contributed by atoms with Crippen LogP contribution in [0.3, 0.4) is 0 Å². The van der Waals surface area contributed by atoms with Crippen LogP contribution >= 0.6 is 0 Å². The third-order valence-corrected chi connectivity index (χ3v) is 4.91. The lowest BCUT2D eigenvalue weighted by Crippen LogP contribution is -2.50. The summed E-state index contributed by atoms with van der Waals surface area (Å²) in [7, 11) is 4.16. The van der Waals surface area contributed by atoms with Crippen molar-refractivity contribution in [3.8, 4) is 0 Å². The van der Waals surface area contributed by atoms with Crippen LogP contribution in [0.25, 0.3) is 11.0 Å². The van der Waals surface area contributed by atoms with Gasteiger partial charge in [-0.1, -0.05) is 19.1 Å². The molecule has 0 saturated carbocycles. The topological polar surface area (TPSA) is 41.4 Å². The van der Waals surface area contributed by atoms with E-state index in [1.54, 1.807) is 0 Å². The van der Waals surface area contributed by atoms with E-state index < -0.39 is 0 Å². The molecule has 0 spiro atoms. The highest BCUT2D eigenvalue weighted by Gasteiger charge is 2.30. The SMILES string of the molecule is C[C@H](Cn1cnc2ccccc21)C(=O)N1CCCC[C@@H]1CN(C)C.